The highest BCUT2D eigenvalue weighted by molar-refractivity contribution is 5.36. The third kappa shape index (κ3) is 3.45. The van der Waals surface area contributed by atoms with Crippen molar-refractivity contribution < 1.29 is 5.11 Å². The molecule has 1 saturated carbocycles. The van der Waals surface area contributed by atoms with Crippen molar-refractivity contribution in [3.05, 3.63) is 71.8 Å². The van der Waals surface area contributed by atoms with Crippen LogP contribution < -0.4 is 0 Å². The summed E-state index contributed by atoms with van der Waals surface area (Å²) in [6.07, 6.45) is 5.60. The number of hydrogen-bond donors (Lipinski definition) is 1. The van der Waals surface area contributed by atoms with Crippen molar-refractivity contribution >= 4 is 0 Å². The van der Waals surface area contributed by atoms with Crippen molar-refractivity contribution in [2.45, 2.75) is 38.2 Å². The molecule has 2 aromatic rings. The van der Waals surface area contributed by atoms with E-state index in [4.69, 9.17) is 0 Å². The summed E-state index contributed by atoms with van der Waals surface area (Å²) in [4.78, 5) is 2.64. The zero-order valence-corrected chi connectivity index (χ0v) is 15.8. The van der Waals surface area contributed by atoms with Crippen molar-refractivity contribution in [3.8, 4) is 0 Å². The maximum absolute atomic E-state index is 11.9. The molecule has 138 valence electrons. The lowest BCUT2D eigenvalue weighted by atomic mass is 9.76. The van der Waals surface area contributed by atoms with Crippen LogP contribution in [0.4, 0.5) is 0 Å². The molecule has 2 bridgehead atoms. The molecule has 5 rings (SSSR count). The summed E-state index contributed by atoms with van der Waals surface area (Å²) in [6.45, 7) is 5.58. The molecule has 3 fully saturated rings. The van der Waals surface area contributed by atoms with Gasteiger partial charge in [-0.05, 0) is 48.6 Å². The number of nitrogens with zero attached hydrogens (tertiary/aromatic N) is 1. The fourth-order valence-electron chi connectivity index (χ4n) is 5.19. The van der Waals surface area contributed by atoms with E-state index in [1.807, 2.05) is 36.4 Å². The largest absolute Gasteiger partial charge is 0.380 e. The molecule has 2 aromatic carbocycles. The fourth-order valence-corrected chi connectivity index (χ4v) is 5.19. The maximum Gasteiger partial charge on any atom is 0.118 e. The summed E-state index contributed by atoms with van der Waals surface area (Å²) in [6, 6.07) is 20.4. The number of rotatable bonds is 5. The lowest BCUT2D eigenvalue weighted by molar-refractivity contribution is 0.00604. The Bertz CT molecular complexity index is 637. The molecular weight excluding hydrogens is 318 g/mol. The molecule has 3 aliphatic rings. The molecule has 0 spiro atoms. The number of fused-ring (bicyclic) bond motifs is 4. The lowest BCUT2D eigenvalue weighted by Gasteiger charge is -2.38. The van der Waals surface area contributed by atoms with E-state index in [2.05, 4.69) is 36.1 Å². The average molecular weight is 350 g/mol. The van der Waals surface area contributed by atoms with Gasteiger partial charge in [-0.15, -0.1) is 0 Å². The quantitative estimate of drug-likeness (QED) is 0.847. The summed E-state index contributed by atoms with van der Waals surface area (Å²) < 4.78 is 0. The van der Waals surface area contributed by atoms with Crippen molar-refractivity contribution in [2.75, 3.05) is 19.6 Å². The Morgan fingerprint density at radius 1 is 0.846 bits per heavy atom. The Morgan fingerprint density at radius 2 is 1.27 bits per heavy atom. The third-order valence-corrected chi connectivity index (χ3v) is 6.67. The van der Waals surface area contributed by atoms with Crippen LogP contribution in [0.2, 0.25) is 0 Å². The summed E-state index contributed by atoms with van der Waals surface area (Å²) in [5.74, 6) is 1.86. The number of hydrogen-bond acceptors (Lipinski definition) is 2. The normalized spacial score (nSPS) is 25.0. The molecule has 0 amide bonds. The van der Waals surface area contributed by atoms with Gasteiger partial charge >= 0.3 is 0 Å². The minimum atomic E-state index is -0.951. The minimum Gasteiger partial charge on any atom is -0.380 e. The summed E-state index contributed by atoms with van der Waals surface area (Å²) in [5.41, 5.74) is 1.04. The highest BCUT2D eigenvalue weighted by atomic mass is 16.3. The van der Waals surface area contributed by atoms with Crippen LogP contribution in [0.3, 0.4) is 0 Å². The van der Waals surface area contributed by atoms with Gasteiger partial charge in [-0.25, -0.2) is 0 Å². The monoisotopic (exact) mass is 349 g/mol. The van der Waals surface area contributed by atoms with Gasteiger partial charge in [0, 0.05) is 25.6 Å². The number of benzene rings is 2. The standard InChI is InChI=1S/C24H31NO/c1-19(16-25-17-20-12-13-21(18-25)15-14-20)24(26,22-8-4-2-5-9-22)23-10-6-3-7-11-23/h2-11,19-21,26H,12-18H2,1H3. The molecule has 2 heterocycles. The van der Waals surface area contributed by atoms with Gasteiger partial charge in [-0.3, -0.25) is 0 Å². The van der Waals surface area contributed by atoms with Crippen molar-refractivity contribution in [2.24, 2.45) is 17.8 Å². The first-order valence-electron chi connectivity index (χ1n) is 10.2. The zero-order chi connectivity index (χ0) is 18.0. The Labute approximate surface area is 157 Å². The molecule has 0 radical (unpaired) electrons. The van der Waals surface area contributed by atoms with Crippen LogP contribution in [0.15, 0.2) is 60.7 Å². The van der Waals surface area contributed by atoms with E-state index in [0.717, 1.165) is 29.5 Å². The summed E-state index contributed by atoms with van der Waals surface area (Å²) in [7, 11) is 0. The highest BCUT2D eigenvalue weighted by Gasteiger charge is 2.39. The van der Waals surface area contributed by atoms with Crippen LogP contribution in [-0.2, 0) is 5.60 Å². The lowest BCUT2D eigenvalue weighted by Crippen LogP contribution is -2.43. The average Bonchev–Trinajstić information content (AvgIpc) is 3.01. The second kappa shape index (κ2) is 7.54. The SMILES string of the molecule is CC(CN1CC2CCC(CC2)C1)C(O)(c1ccccc1)c1ccccc1. The summed E-state index contributed by atoms with van der Waals surface area (Å²) in [5, 5.41) is 11.9. The van der Waals surface area contributed by atoms with Gasteiger partial charge in [0.15, 0.2) is 0 Å². The first-order chi connectivity index (χ1) is 12.7. The van der Waals surface area contributed by atoms with E-state index in [-0.39, 0.29) is 5.92 Å². The molecule has 0 aromatic heterocycles. The molecule has 1 atom stereocenters. The van der Waals surface area contributed by atoms with Gasteiger partial charge in [0.25, 0.3) is 0 Å². The van der Waals surface area contributed by atoms with E-state index >= 15 is 0 Å². The van der Waals surface area contributed by atoms with Crippen LogP contribution in [-0.4, -0.2) is 29.6 Å². The number of aliphatic hydroxyl groups is 1. The van der Waals surface area contributed by atoms with Crippen LogP contribution in [0, 0.1) is 17.8 Å². The van der Waals surface area contributed by atoms with E-state index < -0.39 is 5.60 Å². The Balaban J connectivity index is 1.62. The first kappa shape index (κ1) is 17.8. The van der Waals surface area contributed by atoms with E-state index in [9.17, 15) is 5.11 Å². The molecular formula is C24H31NO. The van der Waals surface area contributed by atoms with E-state index in [0.29, 0.717) is 0 Å². The minimum absolute atomic E-state index is 0.129. The Kier molecular flexibility index (Phi) is 5.15. The molecule has 1 aliphatic carbocycles. The molecule has 1 unspecified atom stereocenters. The Morgan fingerprint density at radius 3 is 1.69 bits per heavy atom. The highest BCUT2D eigenvalue weighted by Crippen LogP contribution is 2.39. The maximum atomic E-state index is 11.9. The van der Waals surface area contributed by atoms with Crippen LogP contribution >= 0.6 is 0 Å². The first-order valence-corrected chi connectivity index (χ1v) is 10.2. The predicted octanol–water partition coefficient (Wildman–Crippen LogP) is 4.68. The molecule has 2 aliphatic heterocycles. The molecule has 1 N–H and O–H groups in total. The van der Waals surface area contributed by atoms with Crippen LogP contribution in [0.5, 0.6) is 0 Å². The van der Waals surface area contributed by atoms with Crippen LogP contribution in [0.25, 0.3) is 0 Å². The molecule has 2 heteroatoms. The van der Waals surface area contributed by atoms with E-state index in [1.54, 1.807) is 0 Å². The Hall–Kier alpha value is -1.64. The molecule has 26 heavy (non-hydrogen) atoms. The fraction of sp³-hybridized carbons (Fsp3) is 0.500. The van der Waals surface area contributed by atoms with Gasteiger partial charge in [-0.2, -0.15) is 0 Å². The second-order valence-electron chi connectivity index (χ2n) is 8.50. The van der Waals surface area contributed by atoms with Crippen molar-refractivity contribution in [1.29, 1.82) is 0 Å². The van der Waals surface area contributed by atoms with Gasteiger partial charge in [0.2, 0.25) is 0 Å². The predicted molar refractivity (Wildman–Crippen MR) is 107 cm³/mol. The van der Waals surface area contributed by atoms with Gasteiger partial charge < -0.3 is 10.0 Å². The topological polar surface area (TPSA) is 23.5 Å². The molecule has 2 saturated heterocycles. The third-order valence-electron chi connectivity index (χ3n) is 6.67. The molecule has 2 nitrogen and oxygen atoms in total. The smallest absolute Gasteiger partial charge is 0.118 e. The van der Waals surface area contributed by atoms with Crippen LogP contribution in [0.1, 0.15) is 43.7 Å². The van der Waals surface area contributed by atoms with Crippen molar-refractivity contribution in [3.63, 3.8) is 0 Å². The van der Waals surface area contributed by atoms with Crippen molar-refractivity contribution in [1.82, 2.24) is 4.90 Å². The van der Waals surface area contributed by atoms with Gasteiger partial charge in [0.1, 0.15) is 5.60 Å². The van der Waals surface area contributed by atoms with E-state index in [1.165, 1.54) is 38.8 Å². The summed E-state index contributed by atoms with van der Waals surface area (Å²) >= 11 is 0. The van der Waals surface area contributed by atoms with Gasteiger partial charge in [-0.1, -0.05) is 67.6 Å². The second-order valence-corrected chi connectivity index (χ2v) is 8.50. The zero-order valence-electron chi connectivity index (χ0n) is 15.8. The van der Waals surface area contributed by atoms with Gasteiger partial charge in [0.05, 0.1) is 0 Å².